The number of esters is 1. The van der Waals surface area contributed by atoms with Gasteiger partial charge < -0.3 is 4.74 Å². The van der Waals surface area contributed by atoms with E-state index in [2.05, 4.69) is 0 Å². The number of carbonyl (C=O) groups is 3. The van der Waals surface area contributed by atoms with Crippen molar-refractivity contribution in [2.45, 2.75) is 19.6 Å². The van der Waals surface area contributed by atoms with Crippen molar-refractivity contribution in [2.24, 2.45) is 0 Å². The zero-order chi connectivity index (χ0) is 18.8. The molecule has 2 aromatic rings. The van der Waals surface area contributed by atoms with Crippen molar-refractivity contribution in [2.75, 3.05) is 0 Å². The summed E-state index contributed by atoms with van der Waals surface area (Å²) in [6.45, 7) is 1.05. The normalized spacial score (nSPS) is 14.1. The van der Waals surface area contributed by atoms with E-state index in [4.69, 9.17) is 4.74 Å². The van der Waals surface area contributed by atoms with E-state index in [0.29, 0.717) is 0 Å². The highest BCUT2D eigenvalue weighted by atomic mass is 16.6. The van der Waals surface area contributed by atoms with Crippen LogP contribution in [0.4, 0.5) is 5.69 Å². The molecule has 132 valence electrons. The Balaban J connectivity index is 1.73. The molecule has 3 rings (SSSR count). The van der Waals surface area contributed by atoms with E-state index >= 15 is 0 Å². The molecule has 1 aliphatic rings. The number of nitro benzene ring substituents is 1. The van der Waals surface area contributed by atoms with Gasteiger partial charge in [-0.2, -0.15) is 0 Å². The first-order valence-electron chi connectivity index (χ1n) is 7.77. The van der Waals surface area contributed by atoms with Crippen molar-refractivity contribution < 1.29 is 24.0 Å². The van der Waals surface area contributed by atoms with Crippen LogP contribution in [0, 0.1) is 10.1 Å². The molecular weight excluding hydrogens is 340 g/mol. The zero-order valence-electron chi connectivity index (χ0n) is 13.7. The Morgan fingerprint density at radius 3 is 2.19 bits per heavy atom. The van der Waals surface area contributed by atoms with Crippen LogP contribution in [0.25, 0.3) is 0 Å². The molecule has 1 atom stereocenters. The molecule has 8 nitrogen and oxygen atoms in total. The minimum Gasteiger partial charge on any atom is -0.459 e. The number of rotatable bonds is 5. The van der Waals surface area contributed by atoms with Crippen LogP contribution in [0.15, 0.2) is 48.5 Å². The highest BCUT2D eigenvalue weighted by Gasteiger charge is 2.41. The lowest BCUT2D eigenvalue weighted by atomic mass is 10.1. The topological polar surface area (TPSA) is 107 Å². The van der Waals surface area contributed by atoms with E-state index in [0.717, 1.165) is 4.90 Å². The Bertz CT molecular complexity index is 888. The predicted molar refractivity (Wildman–Crippen MR) is 89.3 cm³/mol. The van der Waals surface area contributed by atoms with E-state index < -0.39 is 28.7 Å². The quantitative estimate of drug-likeness (QED) is 0.353. The number of carbonyl (C=O) groups excluding carboxylic acids is 3. The summed E-state index contributed by atoms with van der Waals surface area (Å²) in [5.74, 6) is -1.96. The van der Waals surface area contributed by atoms with Gasteiger partial charge in [0.15, 0.2) is 0 Å². The number of ether oxygens (including phenoxy) is 1. The molecule has 0 unspecified atom stereocenters. The van der Waals surface area contributed by atoms with Crippen molar-refractivity contribution in [3.05, 3.63) is 75.3 Å². The van der Waals surface area contributed by atoms with Gasteiger partial charge in [-0.1, -0.05) is 24.3 Å². The summed E-state index contributed by atoms with van der Waals surface area (Å²) < 4.78 is 5.10. The number of fused-ring (bicyclic) bond motifs is 1. The van der Waals surface area contributed by atoms with Gasteiger partial charge in [0, 0.05) is 6.07 Å². The van der Waals surface area contributed by atoms with Crippen LogP contribution < -0.4 is 0 Å². The van der Waals surface area contributed by atoms with Crippen LogP contribution in [-0.2, 0) is 16.1 Å². The summed E-state index contributed by atoms with van der Waals surface area (Å²) in [5.41, 5.74) is 0.515. The molecule has 0 spiro atoms. The third-order valence-corrected chi connectivity index (χ3v) is 4.11. The van der Waals surface area contributed by atoms with Gasteiger partial charge in [-0.05, 0) is 25.1 Å². The largest absolute Gasteiger partial charge is 0.459 e. The highest BCUT2D eigenvalue weighted by molar-refractivity contribution is 6.22. The van der Waals surface area contributed by atoms with E-state index in [9.17, 15) is 24.5 Å². The molecule has 1 heterocycles. The summed E-state index contributed by atoms with van der Waals surface area (Å²) in [7, 11) is 0. The third kappa shape index (κ3) is 2.92. The Morgan fingerprint density at radius 1 is 1.08 bits per heavy atom. The summed E-state index contributed by atoms with van der Waals surface area (Å²) in [6, 6.07) is 11.0. The Hall–Kier alpha value is -3.55. The number of para-hydroxylation sites is 1. The first-order chi connectivity index (χ1) is 12.4. The van der Waals surface area contributed by atoms with Crippen molar-refractivity contribution in [1.29, 1.82) is 0 Å². The number of amides is 2. The fraction of sp³-hybridized carbons (Fsp3) is 0.167. The summed E-state index contributed by atoms with van der Waals surface area (Å²) in [5, 5.41) is 11.0. The number of nitro groups is 1. The molecular formula is C18H14N2O6. The number of imide groups is 1. The predicted octanol–water partition coefficient (Wildman–Crippen LogP) is 2.32. The summed E-state index contributed by atoms with van der Waals surface area (Å²) in [4.78, 5) is 48.3. The number of hydrogen-bond donors (Lipinski definition) is 0. The molecule has 0 saturated heterocycles. The average Bonchev–Trinajstić information content (AvgIpc) is 2.90. The van der Waals surface area contributed by atoms with Crippen LogP contribution in [0.3, 0.4) is 0 Å². The fourth-order valence-electron chi connectivity index (χ4n) is 2.75. The van der Waals surface area contributed by atoms with Crippen LogP contribution in [0.2, 0.25) is 0 Å². The standard InChI is InChI=1S/C18H14N2O6/c1-11(19-16(21)13-7-3-4-8-14(13)17(19)22)18(23)26-10-12-6-2-5-9-15(12)20(24)25/h2-9,11H,10H2,1H3/t11-/m1/s1. The molecule has 0 aliphatic carbocycles. The molecule has 0 saturated carbocycles. The lowest BCUT2D eigenvalue weighted by Crippen LogP contribution is -2.43. The molecule has 26 heavy (non-hydrogen) atoms. The molecule has 2 amide bonds. The zero-order valence-corrected chi connectivity index (χ0v) is 13.7. The van der Waals surface area contributed by atoms with Gasteiger partial charge in [0.2, 0.25) is 0 Å². The number of nitrogens with zero attached hydrogens (tertiary/aromatic N) is 2. The number of hydrogen-bond acceptors (Lipinski definition) is 6. The maximum absolute atomic E-state index is 12.4. The maximum Gasteiger partial charge on any atom is 0.329 e. The van der Waals surface area contributed by atoms with E-state index in [-0.39, 0.29) is 29.0 Å². The van der Waals surface area contributed by atoms with Crippen molar-refractivity contribution in [1.82, 2.24) is 4.90 Å². The smallest absolute Gasteiger partial charge is 0.329 e. The molecule has 2 aromatic carbocycles. The minimum atomic E-state index is -1.15. The molecule has 0 fully saturated rings. The molecule has 0 aromatic heterocycles. The van der Waals surface area contributed by atoms with Gasteiger partial charge in [-0.3, -0.25) is 24.6 Å². The Labute approximate surface area is 148 Å². The first kappa shape index (κ1) is 17.3. The van der Waals surface area contributed by atoms with Gasteiger partial charge in [0.1, 0.15) is 12.6 Å². The van der Waals surface area contributed by atoms with Crippen molar-refractivity contribution in [3.8, 4) is 0 Å². The minimum absolute atomic E-state index is 0.173. The molecule has 1 aliphatic heterocycles. The Morgan fingerprint density at radius 2 is 1.62 bits per heavy atom. The lowest BCUT2D eigenvalue weighted by Gasteiger charge is -2.20. The second-order valence-corrected chi connectivity index (χ2v) is 5.70. The maximum atomic E-state index is 12.4. The SMILES string of the molecule is C[C@H](C(=O)OCc1ccccc1[N+](=O)[O-])N1C(=O)c2ccccc2C1=O. The van der Waals surface area contributed by atoms with Gasteiger partial charge in [0.05, 0.1) is 21.6 Å². The molecule has 0 radical (unpaired) electrons. The van der Waals surface area contributed by atoms with Gasteiger partial charge >= 0.3 is 5.97 Å². The molecule has 0 bridgehead atoms. The van der Waals surface area contributed by atoms with Gasteiger partial charge in [-0.25, -0.2) is 4.79 Å². The van der Waals surface area contributed by atoms with E-state index in [1.165, 1.54) is 37.3 Å². The van der Waals surface area contributed by atoms with Crippen molar-refractivity contribution in [3.63, 3.8) is 0 Å². The Kier molecular flexibility index (Phi) is 4.49. The van der Waals surface area contributed by atoms with Gasteiger partial charge in [-0.15, -0.1) is 0 Å². The molecule has 8 heteroatoms. The van der Waals surface area contributed by atoms with E-state index in [1.54, 1.807) is 18.2 Å². The van der Waals surface area contributed by atoms with Crippen LogP contribution in [0.5, 0.6) is 0 Å². The third-order valence-electron chi connectivity index (χ3n) is 4.11. The van der Waals surface area contributed by atoms with Crippen LogP contribution in [0.1, 0.15) is 33.2 Å². The molecule has 0 N–H and O–H groups in total. The summed E-state index contributed by atoms with van der Waals surface area (Å²) >= 11 is 0. The second kappa shape index (κ2) is 6.75. The first-order valence-corrected chi connectivity index (χ1v) is 7.77. The fourth-order valence-corrected chi connectivity index (χ4v) is 2.75. The van der Waals surface area contributed by atoms with Crippen LogP contribution in [-0.4, -0.2) is 33.6 Å². The summed E-state index contributed by atoms with van der Waals surface area (Å²) in [6.07, 6.45) is 0. The lowest BCUT2D eigenvalue weighted by molar-refractivity contribution is -0.385. The van der Waals surface area contributed by atoms with Gasteiger partial charge in [0.25, 0.3) is 17.5 Å². The van der Waals surface area contributed by atoms with E-state index in [1.807, 2.05) is 0 Å². The average molecular weight is 354 g/mol. The van der Waals surface area contributed by atoms with Crippen LogP contribution >= 0.6 is 0 Å². The monoisotopic (exact) mass is 354 g/mol. The highest BCUT2D eigenvalue weighted by Crippen LogP contribution is 2.25. The second-order valence-electron chi connectivity index (χ2n) is 5.70. The number of benzene rings is 2. The van der Waals surface area contributed by atoms with Crippen molar-refractivity contribution >= 4 is 23.5 Å².